The van der Waals surface area contributed by atoms with Gasteiger partial charge in [0, 0.05) is 7.97 Å². The molecule has 2 nitrogen and oxygen atoms in total. The summed E-state index contributed by atoms with van der Waals surface area (Å²) in [5.41, 5.74) is 2.24. The predicted molar refractivity (Wildman–Crippen MR) is 38.5 cm³/mol. The Morgan fingerprint density at radius 2 is 2.00 bits per heavy atom. The standard InChI is InChI=1S/C7H15NO.H2/c9-8-6-7-4-2-1-3-5-7;/h7-9H,1-6H2;1H. The van der Waals surface area contributed by atoms with Crippen LogP contribution in [0.1, 0.15) is 33.5 Å². The minimum Gasteiger partial charge on any atom is -0.317 e. The van der Waals surface area contributed by atoms with Crippen molar-refractivity contribution in [3.8, 4) is 0 Å². The highest BCUT2D eigenvalue weighted by molar-refractivity contribution is 4.65. The Hall–Kier alpha value is -0.0800. The van der Waals surface area contributed by atoms with Crippen LogP contribution in [0, 0.1) is 5.92 Å². The van der Waals surface area contributed by atoms with Gasteiger partial charge < -0.3 is 5.21 Å². The Bertz CT molecular complexity index is 71.3. The van der Waals surface area contributed by atoms with E-state index in [1.54, 1.807) is 0 Å². The molecule has 1 rings (SSSR count). The molecule has 2 heteroatoms. The zero-order chi connectivity index (χ0) is 6.53. The van der Waals surface area contributed by atoms with Crippen LogP contribution in [0.5, 0.6) is 0 Å². The summed E-state index contributed by atoms with van der Waals surface area (Å²) in [6.07, 6.45) is 6.70. The van der Waals surface area contributed by atoms with Crippen LogP contribution in [-0.4, -0.2) is 11.8 Å². The Morgan fingerprint density at radius 3 is 2.56 bits per heavy atom. The van der Waals surface area contributed by atoms with Crippen LogP contribution in [0.15, 0.2) is 0 Å². The smallest absolute Gasteiger partial charge is 0.0235 e. The Labute approximate surface area is 57.7 Å². The van der Waals surface area contributed by atoms with Crippen LogP contribution in [-0.2, 0) is 0 Å². The molecular formula is C7H17NO. The van der Waals surface area contributed by atoms with Gasteiger partial charge in [-0.15, -0.1) is 0 Å². The maximum Gasteiger partial charge on any atom is 0.0235 e. The lowest BCUT2D eigenvalue weighted by atomic mass is 9.89. The second-order valence-electron chi connectivity index (χ2n) is 2.87. The fraction of sp³-hybridized carbons (Fsp3) is 1.00. The molecular weight excluding hydrogens is 114 g/mol. The highest BCUT2D eigenvalue weighted by atomic mass is 16.5. The molecule has 0 amide bonds. The second-order valence-corrected chi connectivity index (χ2v) is 2.87. The van der Waals surface area contributed by atoms with Crippen LogP contribution < -0.4 is 5.48 Å². The van der Waals surface area contributed by atoms with E-state index in [1.807, 2.05) is 0 Å². The van der Waals surface area contributed by atoms with Crippen LogP contribution in [0.4, 0.5) is 0 Å². The van der Waals surface area contributed by atoms with E-state index in [0.717, 1.165) is 12.5 Å². The molecule has 2 N–H and O–H groups in total. The van der Waals surface area contributed by atoms with Gasteiger partial charge in [-0.05, 0) is 18.8 Å². The zero-order valence-corrected chi connectivity index (χ0v) is 5.77. The highest BCUT2D eigenvalue weighted by Gasteiger charge is 2.11. The van der Waals surface area contributed by atoms with Gasteiger partial charge in [0.25, 0.3) is 0 Å². The van der Waals surface area contributed by atoms with Crippen molar-refractivity contribution in [1.82, 2.24) is 5.48 Å². The van der Waals surface area contributed by atoms with E-state index < -0.39 is 0 Å². The Balaban J connectivity index is 0.000000810. The number of hydroxylamine groups is 1. The number of nitrogens with one attached hydrogen (secondary N) is 1. The maximum absolute atomic E-state index is 8.37. The van der Waals surface area contributed by atoms with E-state index in [0.29, 0.717) is 0 Å². The van der Waals surface area contributed by atoms with Crippen molar-refractivity contribution in [3.05, 3.63) is 0 Å². The molecule has 0 heterocycles. The molecule has 0 aromatic rings. The minimum atomic E-state index is 0. The van der Waals surface area contributed by atoms with Gasteiger partial charge in [-0.2, -0.15) is 0 Å². The van der Waals surface area contributed by atoms with Gasteiger partial charge in [0.2, 0.25) is 0 Å². The third-order valence-corrected chi connectivity index (χ3v) is 2.10. The van der Waals surface area contributed by atoms with Gasteiger partial charge in [0.1, 0.15) is 0 Å². The quantitative estimate of drug-likeness (QED) is 0.560. The summed E-state index contributed by atoms with van der Waals surface area (Å²) in [4.78, 5) is 0. The van der Waals surface area contributed by atoms with Crippen molar-refractivity contribution in [3.63, 3.8) is 0 Å². The summed E-state index contributed by atoms with van der Waals surface area (Å²) in [6.45, 7) is 0.792. The third-order valence-electron chi connectivity index (χ3n) is 2.10. The third kappa shape index (κ3) is 2.33. The summed E-state index contributed by atoms with van der Waals surface area (Å²) >= 11 is 0. The van der Waals surface area contributed by atoms with E-state index in [4.69, 9.17) is 5.21 Å². The van der Waals surface area contributed by atoms with Crippen LogP contribution in [0.2, 0.25) is 0 Å². The Kier molecular flexibility index (Phi) is 3.01. The van der Waals surface area contributed by atoms with Gasteiger partial charge in [0.15, 0.2) is 0 Å². The van der Waals surface area contributed by atoms with Crippen LogP contribution in [0.3, 0.4) is 0 Å². The lowest BCUT2D eigenvalue weighted by Gasteiger charge is -2.19. The fourth-order valence-corrected chi connectivity index (χ4v) is 1.52. The molecule has 0 aliphatic heterocycles. The number of rotatable bonds is 2. The van der Waals surface area contributed by atoms with Gasteiger partial charge in [-0.25, -0.2) is 5.48 Å². The van der Waals surface area contributed by atoms with Gasteiger partial charge in [-0.3, -0.25) is 0 Å². The van der Waals surface area contributed by atoms with E-state index in [2.05, 4.69) is 5.48 Å². The summed E-state index contributed by atoms with van der Waals surface area (Å²) in [5.74, 6) is 0.740. The first-order valence-corrected chi connectivity index (χ1v) is 3.80. The molecule has 0 radical (unpaired) electrons. The highest BCUT2D eigenvalue weighted by Crippen LogP contribution is 2.22. The first-order chi connectivity index (χ1) is 4.43. The molecule has 0 aromatic heterocycles. The molecule has 0 unspecified atom stereocenters. The largest absolute Gasteiger partial charge is 0.317 e. The van der Waals surface area contributed by atoms with E-state index in [9.17, 15) is 0 Å². The SMILES string of the molecule is ONCC1CCCCC1.[HH]. The summed E-state index contributed by atoms with van der Waals surface area (Å²) < 4.78 is 0. The monoisotopic (exact) mass is 131 g/mol. The summed E-state index contributed by atoms with van der Waals surface area (Å²) in [5, 5.41) is 8.37. The van der Waals surface area contributed by atoms with Crippen LogP contribution >= 0.6 is 0 Å². The van der Waals surface area contributed by atoms with E-state index in [-0.39, 0.29) is 1.43 Å². The van der Waals surface area contributed by atoms with Crippen molar-refractivity contribution in [2.75, 3.05) is 6.54 Å². The summed E-state index contributed by atoms with van der Waals surface area (Å²) in [6, 6.07) is 0. The van der Waals surface area contributed by atoms with E-state index in [1.165, 1.54) is 32.1 Å². The van der Waals surface area contributed by atoms with Crippen molar-refractivity contribution >= 4 is 0 Å². The minimum absolute atomic E-state index is 0. The van der Waals surface area contributed by atoms with Gasteiger partial charge >= 0.3 is 0 Å². The second kappa shape index (κ2) is 3.85. The molecule has 1 saturated carbocycles. The van der Waals surface area contributed by atoms with Gasteiger partial charge in [0.05, 0.1) is 0 Å². The molecule has 0 aromatic carbocycles. The molecule has 1 aliphatic carbocycles. The molecule has 9 heavy (non-hydrogen) atoms. The average Bonchev–Trinajstić information content (AvgIpc) is 1.91. The molecule has 1 aliphatic rings. The fourth-order valence-electron chi connectivity index (χ4n) is 1.52. The predicted octanol–water partition coefficient (Wildman–Crippen LogP) is 1.79. The molecule has 0 atom stereocenters. The van der Waals surface area contributed by atoms with Crippen molar-refractivity contribution in [2.24, 2.45) is 5.92 Å². The van der Waals surface area contributed by atoms with E-state index >= 15 is 0 Å². The topological polar surface area (TPSA) is 32.3 Å². The lowest BCUT2D eigenvalue weighted by Crippen LogP contribution is -2.21. The summed E-state index contributed by atoms with van der Waals surface area (Å²) in [7, 11) is 0. The maximum atomic E-state index is 8.37. The van der Waals surface area contributed by atoms with Crippen molar-refractivity contribution in [2.45, 2.75) is 32.1 Å². The molecule has 1 fully saturated rings. The van der Waals surface area contributed by atoms with Gasteiger partial charge in [-0.1, -0.05) is 19.3 Å². The molecule has 56 valence electrons. The molecule has 0 bridgehead atoms. The molecule has 0 saturated heterocycles. The lowest BCUT2D eigenvalue weighted by molar-refractivity contribution is 0.138. The average molecular weight is 131 g/mol. The molecule has 0 spiro atoms. The first kappa shape index (κ1) is 7.03. The zero-order valence-electron chi connectivity index (χ0n) is 5.77. The van der Waals surface area contributed by atoms with Crippen molar-refractivity contribution in [1.29, 1.82) is 0 Å². The van der Waals surface area contributed by atoms with Crippen molar-refractivity contribution < 1.29 is 6.63 Å². The van der Waals surface area contributed by atoms with Crippen LogP contribution in [0.25, 0.3) is 0 Å². The Morgan fingerprint density at radius 1 is 1.33 bits per heavy atom. The first-order valence-electron chi connectivity index (χ1n) is 3.80. The number of hydrogen-bond acceptors (Lipinski definition) is 2. The number of hydrogen-bond donors (Lipinski definition) is 2. The normalized spacial score (nSPS) is 22.3.